The molecule has 292 valence electrons. The molecule has 1 heterocycles. The second-order valence-corrected chi connectivity index (χ2v) is 16.1. The summed E-state index contributed by atoms with van der Waals surface area (Å²) < 4.78 is 11.5. The van der Waals surface area contributed by atoms with Gasteiger partial charge in [0.05, 0.1) is 43.0 Å². The van der Waals surface area contributed by atoms with Gasteiger partial charge in [-0.1, -0.05) is 85.2 Å². The van der Waals surface area contributed by atoms with Crippen LogP contribution in [-0.4, -0.2) is 101 Å². The molecule has 1 saturated heterocycles. The summed E-state index contributed by atoms with van der Waals surface area (Å²) in [6.07, 6.45) is -1.68. The van der Waals surface area contributed by atoms with Crippen molar-refractivity contribution in [1.82, 2.24) is 26.2 Å². The van der Waals surface area contributed by atoms with Crippen LogP contribution in [0.4, 0.5) is 4.79 Å². The number of alkyl carbamates (subject to hydrolysis) is 1. The molecule has 0 bridgehead atoms. The molecule has 1 aliphatic heterocycles. The van der Waals surface area contributed by atoms with Gasteiger partial charge in [0.15, 0.2) is 0 Å². The van der Waals surface area contributed by atoms with Gasteiger partial charge in [-0.15, -0.1) is 0 Å². The third-order valence-corrected chi connectivity index (χ3v) is 8.68. The zero-order valence-corrected chi connectivity index (χ0v) is 32.7. The number of nitrogens with one attached hydrogen (secondary N) is 4. The SMILES string of the molecule is CC[C@@H](C)C(NC(=O)[C@@H]1C[C@@H](OC(C)(C)C)CN1C(=O)[C@@H](NC(=O)OCC(C)C)C(C)(C)C)C(=O)C(=O)NCC(=O)N[C@@H](c1ccccc1)[C@@H](C)O. The summed E-state index contributed by atoms with van der Waals surface area (Å²) in [7, 11) is 0. The van der Waals surface area contributed by atoms with Crippen LogP contribution in [0.5, 0.6) is 0 Å². The molecule has 7 atom stereocenters. The van der Waals surface area contributed by atoms with Crippen LogP contribution in [0.2, 0.25) is 0 Å². The van der Waals surface area contributed by atoms with E-state index in [-0.39, 0.29) is 25.5 Å². The number of hydrogen-bond acceptors (Lipinski definition) is 9. The lowest BCUT2D eigenvalue weighted by molar-refractivity contribution is -0.144. The number of likely N-dealkylation sites (tertiary alicyclic amines) is 1. The number of ether oxygens (including phenoxy) is 2. The van der Waals surface area contributed by atoms with Gasteiger partial charge in [-0.05, 0) is 50.5 Å². The van der Waals surface area contributed by atoms with E-state index in [2.05, 4.69) is 21.3 Å². The number of carbonyl (C=O) groups is 6. The zero-order valence-electron chi connectivity index (χ0n) is 32.7. The minimum Gasteiger partial charge on any atom is -0.449 e. The van der Waals surface area contributed by atoms with E-state index in [4.69, 9.17) is 9.47 Å². The maximum atomic E-state index is 14.2. The fraction of sp³-hybridized carbons (Fsp3) is 0.684. The van der Waals surface area contributed by atoms with Gasteiger partial charge < -0.3 is 40.7 Å². The maximum absolute atomic E-state index is 14.2. The van der Waals surface area contributed by atoms with E-state index in [1.54, 1.807) is 65.0 Å². The summed E-state index contributed by atoms with van der Waals surface area (Å²) in [5.41, 5.74) is -0.699. The molecule has 52 heavy (non-hydrogen) atoms. The lowest BCUT2D eigenvalue weighted by atomic mass is 9.85. The average molecular weight is 732 g/mol. The summed E-state index contributed by atoms with van der Waals surface area (Å²) in [4.78, 5) is 81.7. The van der Waals surface area contributed by atoms with Crippen molar-refractivity contribution in [1.29, 1.82) is 0 Å². The van der Waals surface area contributed by atoms with Crippen LogP contribution in [0.15, 0.2) is 30.3 Å². The summed E-state index contributed by atoms with van der Waals surface area (Å²) >= 11 is 0. The first-order valence-corrected chi connectivity index (χ1v) is 18.1. The number of benzene rings is 1. The molecule has 14 heteroatoms. The van der Waals surface area contributed by atoms with E-state index in [9.17, 15) is 33.9 Å². The quantitative estimate of drug-likeness (QED) is 0.159. The topological polar surface area (TPSA) is 192 Å². The van der Waals surface area contributed by atoms with E-state index in [0.717, 1.165) is 0 Å². The highest BCUT2D eigenvalue weighted by atomic mass is 16.5. The predicted octanol–water partition coefficient (Wildman–Crippen LogP) is 3.02. The first kappa shape index (κ1) is 44.1. The highest BCUT2D eigenvalue weighted by Gasteiger charge is 2.47. The minimum atomic E-state index is -1.27. The monoisotopic (exact) mass is 731 g/mol. The molecule has 0 aliphatic carbocycles. The van der Waals surface area contributed by atoms with Gasteiger partial charge in [0.2, 0.25) is 23.5 Å². The van der Waals surface area contributed by atoms with Crippen LogP contribution in [-0.2, 0) is 33.4 Å². The van der Waals surface area contributed by atoms with Crippen molar-refractivity contribution in [3.8, 4) is 0 Å². The summed E-state index contributed by atoms with van der Waals surface area (Å²) in [6, 6.07) is 4.68. The molecule has 5 amide bonds. The Hall–Kier alpha value is -4.04. The maximum Gasteiger partial charge on any atom is 0.407 e. The number of aliphatic hydroxyl groups excluding tert-OH is 1. The van der Waals surface area contributed by atoms with Crippen LogP contribution < -0.4 is 21.3 Å². The van der Waals surface area contributed by atoms with E-state index >= 15 is 0 Å². The van der Waals surface area contributed by atoms with Crippen molar-refractivity contribution in [3.05, 3.63) is 35.9 Å². The third-order valence-electron chi connectivity index (χ3n) is 8.68. The number of amides is 5. The molecular weight excluding hydrogens is 670 g/mol. The smallest absolute Gasteiger partial charge is 0.407 e. The Balaban J connectivity index is 2.27. The fourth-order valence-corrected chi connectivity index (χ4v) is 5.80. The molecule has 5 N–H and O–H groups in total. The lowest BCUT2D eigenvalue weighted by Crippen LogP contribution is -2.59. The van der Waals surface area contributed by atoms with Crippen molar-refractivity contribution >= 4 is 35.5 Å². The Morgan fingerprint density at radius 2 is 1.54 bits per heavy atom. The van der Waals surface area contributed by atoms with Gasteiger partial charge in [-0.2, -0.15) is 0 Å². The van der Waals surface area contributed by atoms with Crippen LogP contribution >= 0.6 is 0 Å². The standard InChI is InChI=1S/C38H61N5O9/c1-12-23(4)29(31(46)34(48)39-19-28(45)40-30(24(5)44)25-16-14-13-15-17-25)41-33(47)27-18-26(52-38(9,10)11)20-43(27)35(49)32(37(6,7)8)42-36(50)51-21-22(2)3/h13-17,22-24,26-27,29-30,32,44H,12,18-21H2,1-11H3,(H,39,48)(H,40,45)(H,41,47)(H,42,50)/t23-,24-,26-,27+,29?,30-,32-/m1/s1. The molecule has 1 aromatic carbocycles. The van der Waals surface area contributed by atoms with E-state index in [1.807, 2.05) is 34.6 Å². The molecule has 0 spiro atoms. The van der Waals surface area contributed by atoms with Gasteiger partial charge in [-0.3, -0.25) is 24.0 Å². The lowest BCUT2D eigenvalue weighted by Gasteiger charge is -2.35. The number of aliphatic hydroxyl groups is 1. The van der Waals surface area contributed by atoms with Gasteiger partial charge in [0.1, 0.15) is 12.1 Å². The van der Waals surface area contributed by atoms with Crippen molar-refractivity contribution in [2.75, 3.05) is 19.7 Å². The third kappa shape index (κ3) is 13.5. The Morgan fingerprint density at radius 1 is 0.923 bits per heavy atom. The number of nitrogens with zero attached hydrogens (tertiary/aromatic N) is 1. The second kappa shape index (κ2) is 19.2. The summed E-state index contributed by atoms with van der Waals surface area (Å²) in [5.74, 6) is -4.23. The molecule has 1 aromatic rings. The van der Waals surface area contributed by atoms with Crippen molar-refractivity contribution in [2.24, 2.45) is 17.3 Å². The van der Waals surface area contributed by atoms with Crippen molar-refractivity contribution < 1.29 is 43.3 Å². The van der Waals surface area contributed by atoms with Crippen LogP contribution in [0.3, 0.4) is 0 Å². The molecule has 0 saturated carbocycles. The first-order chi connectivity index (χ1) is 24.0. The molecule has 0 aromatic heterocycles. The van der Waals surface area contributed by atoms with Gasteiger partial charge in [0, 0.05) is 13.0 Å². The van der Waals surface area contributed by atoms with Crippen LogP contribution in [0.25, 0.3) is 0 Å². The summed E-state index contributed by atoms with van der Waals surface area (Å²) in [5, 5.41) is 20.6. The van der Waals surface area contributed by atoms with E-state index in [1.165, 1.54) is 11.8 Å². The Bertz CT molecular complexity index is 1390. The molecule has 1 aliphatic rings. The van der Waals surface area contributed by atoms with E-state index in [0.29, 0.717) is 12.0 Å². The first-order valence-electron chi connectivity index (χ1n) is 18.1. The number of ketones is 1. The summed E-state index contributed by atoms with van der Waals surface area (Å²) in [6.45, 7) is 19.4. The van der Waals surface area contributed by atoms with Gasteiger partial charge in [0.25, 0.3) is 5.91 Å². The molecule has 2 rings (SSSR count). The Kier molecular flexibility index (Phi) is 16.3. The zero-order chi connectivity index (χ0) is 39.6. The average Bonchev–Trinajstić information content (AvgIpc) is 3.47. The molecule has 14 nitrogen and oxygen atoms in total. The van der Waals surface area contributed by atoms with Crippen molar-refractivity contribution in [3.63, 3.8) is 0 Å². The molecular formula is C38H61N5O9. The second-order valence-electron chi connectivity index (χ2n) is 16.1. The highest BCUT2D eigenvalue weighted by molar-refractivity contribution is 6.38. The molecule has 1 fully saturated rings. The van der Waals surface area contributed by atoms with Gasteiger partial charge >= 0.3 is 6.09 Å². The number of rotatable bonds is 16. The normalized spacial score (nSPS) is 19.1. The Labute approximate surface area is 308 Å². The minimum absolute atomic E-state index is 0.0530. The molecule has 1 unspecified atom stereocenters. The van der Waals surface area contributed by atoms with Crippen LogP contribution in [0, 0.1) is 17.3 Å². The predicted molar refractivity (Wildman–Crippen MR) is 196 cm³/mol. The van der Waals surface area contributed by atoms with Crippen LogP contribution in [0.1, 0.15) is 101 Å². The number of carbonyl (C=O) groups excluding carboxylic acids is 6. The fourth-order valence-electron chi connectivity index (χ4n) is 5.80. The highest BCUT2D eigenvalue weighted by Crippen LogP contribution is 2.29. The Morgan fingerprint density at radius 3 is 2.06 bits per heavy atom. The van der Waals surface area contributed by atoms with E-state index < -0.39 is 95.4 Å². The largest absolute Gasteiger partial charge is 0.449 e. The molecule has 0 radical (unpaired) electrons. The van der Waals surface area contributed by atoms with Crippen molar-refractivity contribution in [2.45, 2.75) is 131 Å². The van der Waals surface area contributed by atoms with Gasteiger partial charge in [-0.25, -0.2) is 4.79 Å². The number of Topliss-reactive ketones (excluding diaryl/α,β-unsaturated/α-hetero) is 1. The number of hydrogen-bond donors (Lipinski definition) is 5.